The van der Waals surface area contributed by atoms with Gasteiger partial charge < -0.3 is 14.7 Å². The molecule has 1 atom stereocenters. The van der Waals surface area contributed by atoms with E-state index in [2.05, 4.69) is 12.1 Å². The number of hydrogen-bond donors (Lipinski definition) is 1. The first-order chi connectivity index (χ1) is 16.0. The maximum atomic E-state index is 12.7. The number of rotatable bonds is 9. The molecule has 2 aliphatic rings. The zero-order valence-corrected chi connectivity index (χ0v) is 18.9. The van der Waals surface area contributed by atoms with E-state index >= 15 is 0 Å². The molecular weight excluding hydrogens is 420 g/mol. The van der Waals surface area contributed by atoms with Crippen molar-refractivity contribution in [3.63, 3.8) is 0 Å². The van der Waals surface area contributed by atoms with Crippen LogP contribution in [0.15, 0.2) is 48.5 Å². The lowest BCUT2D eigenvalue weighted by Crippen LogP contribution is -2.43. The Labute approximate surface area is 193 Å². The van der Waals surface area contributed by atoms with Crippen molar-refractivity contribution in [1.29, 1.82) is 0 Å². The number of nitrogens with zero attached hydrogens (tertiary/aromatic N) is 2. The van der Waals surface area contributed by atoms with Crippen LogP contribution in [-0.4, -0.2) is 65.7 Å². The van der Waals surface area contributed by atoms with E-state index in [1.54, 1.807) is 0 Å². The van der Waals surface area contributed by atoms with Gasteiger partial charge in [0.1, 0.15) is 12.6 Å². The second kappa shape index (κ2) is 10.1. The third-order valence-corrected chi connectivity index (χ3v) is 6.70. The first-order valence-electron chi connectivity index (χ1n) is 11.6. The third kappa shape index (κ3) is 4.87. The number of ether oxygens (including phenoxy) is 1. The number of carboxylic acids is 1. The Balaban J connectivity index is 1.33. The van der Waals surface area contributed by atoms with Gasteiger partial charge in [-0.25, -0.2) is 9.59 Å². The van der Waals surface area contributed by atoms with Crippen LogP contribution in [0.4, 0.5) is 4.79 Å². The van der Waals surface area contributed by atoms with Gasteiger partial charge in [0, 0.05) is 32.5 Å². The van der Waals surface area contributed by atoms with E-state index in [4.69, 9.17) is 4.74 Å². The molecule has 0 bridgehead atoms. The molecule has 1 heterocycles. The topological polar surface area (TPSA) is 87.2 Å². The molecule has 33 heavy (non-hydrogen) atoms. The van der Waals surface area contributed by atoms with Gasteiger partial charge in [0.25, 0.3) is 0 Å². The van der Waals surface area contributed by atoms with Gasteiger partial charge in [-0.2, -0.15) is 0 Å². The van der Waals surface area contributed by atoms with E-state index in [1.165, 1.54) is 11.9 Å². The molecule has 4 rings (SSSR count). The smallest absolute Gasteiger partial charge is 0.410 e. The van der Waals surface area contributed by atoms with E-state index in [0.29, 0.717) is 32.2 Å². The molecule has 1 N–H and O–H groups in total. The number of likely N-dealkylation sites (N-methyl/N-ethyl adjacent to an activating group) is 1. The van der Waals surface area contributed by atoms with Gasteiger partial charge in [0.2, 0.25) is 5.91 Å². The van der Waals surface area contributed by atoms with Crippen molar-refractivity contribution in [1.82, 2.24) is 9.80 Å². The fourth-order valence-corrected chi connectivity index (χ4v) is 4.89. The van der Waals surface area contributed by atoms with Crippen LogP contribution >= 0.6 is 0 Å². The van der Waals surface area contributed by atoms with Crippen LogP contribution in [0.2, 0.25) is 0 Å². The van der Waals surface area contributed by atoms with Crippen molar-refractivity contribution in [3.8, 4) is 11.1 Å². The number of fused-ring (bicyclic) bond motifs is 3. The lowest BCUT2D eigenvalue weighted by molar-refractivity contribution is -0.142. The number of benzene rings is 2. The lowest BCUT2D eigenvalue weighted by atomic mass is 9.98. The SMILES string of the molecule is CN(C(=O)OCC1c2ccccc2-c2ccccc21)[C@@H](CCCCN1CCCC1=O)C(=O)O. The number of amides is 2. The minimum absolute atomic E-state index is 0.0731. The minimum Gasteiger partial charge on any atom is -0.480 e. The highest BCUT2D eigenvalue weighted by Crippen LogP contribution is 2.44. The highest BCUT2D eigenvalue weighted by molar-refractivity contribution is 5.81. The molecule has 174 valence electrons. The van der Waals surface area contributed by atoms with Gasteiger partial charge in [-0.1, -0.05) is 48.5 Å². The Morgan fingerprint density at radius 2 is 1.73 bits per heavy atom. The summed E-state index contributed by atoms with van der Waals surface area (Å²) in [5.74, 6) is -0.958. The number of carboxylic acid groups (broad SMARTS) is 1. The fourth-order valence-electron chi connectivity index (χ4n) is 4.89. The predicted molar refractivity (Wildman–Crippen MR) is 124 cm³/mol. The van der Waals surface area contributed by atoms with Crippen molar-refractivity contribution in [2.45, 2.75) is 44.1 Å². The molecule has 1 aliphatic carbocycles. The monoisotopic (exact) mass is 450 g/mol. The summed E-state index contributed by atoms with van der Waals surface area (Å²) in [5.41, 5.74) is 4.51. The van der Waals surface area contributed by atoms with Crippen LogP contribution in [0.3, 0.4) is 0 Å². The van der Waals surface area contributed by atoms with Gasteiger partial charge in [-0.3, -0.25) is 9.69 Å². The Morgan fingerprint density at radius 1 is 1.09 bits per heavy atom. The fraction of sp³-hybridized carbons (Fsp3) is 0.423. The van der Waals surface area contributed by atoms with Gasteiger partial charge in [-0.15, -0.1) is 0 Å². The number of unbranched alkanes of at least 4 members (excludes halogenated alkanes) is 1. The van der Waals surface area contributed by atoms with Crippen molar-refractivity contribution >= 4 is 18.0 Å². The summed E-state index contributed by atoms with van der Waals surface area (Å²) in [4.78, 5) is 39.3. The molecule has 1 fully saturated rings. The summed E-state index contributed by atoms with van der Waals surface area (Å²) in [7, 11) is 1.47. The average Bonchev–Trinajstić information content (AvgIpc) is 3.37. The molecule has 7 nitrogen and oxygen atoms in total. The molecule has 2 amide bonds. The average molecular weight is 451 g/mol. The molecule has 0 radical (unpaired) electrons. The lowest BCUT2D eigenvalue weighted by Gasteiger charge is -2.25. The third-order valence-electron chi connectivity index (χ3n) is 6.70. The van der Waals surface area contributed by atoms with Crippen molar-refractivity contribution in [3.05, 3.63) is 59.7 Å². The van der Waals surface area contributed by atoms with E-state index in [1.807, 2.05) is 41.3 Å². The number of hydrogen-bond acceptors (Lipinski definition) is 4. The van der Waals surface area contributed by atoms with Gasteiger partial charge in [0.05, 0.1) is 0 Å². The highest BCUT2D eigenvalue weighted by atomic mass is 16.6. The molecule has 0 unspecified atom stereocenters. The molecule has 0 spiro atoms. The Bertz CT molecular complexity index is 991. The number of carbonyl (C=O) groups excluding carboxylic acids is 2. The van der Waals surface area contributed by atoms with Crippen molar-refractivity contribution in [2.24, 2.45) is 0 Å². The highest BCUT2D eigenvalue weighted by Gasteiger charge is 2.31. The normalized spacial score (nSPS) is 15.8. The second-order valence-corrected chi connectivity index (χ2v) is 8.75. The number of aliphatic carboxylic acids is 1. The van der Waals surface area contributed by atoms with E-state index in [9.17, 15) is 19.5 Å². The van der Waals surface area contributed by atoms with E-state index < -0.39 is 18.1 Å². The quantitative estimate of drug-likeness (QED) is 0.581. The van der Waals surface area contributed by atoms with Gasteiger partial charge in [0.15, 0.2) is 0 Å². The minimum atomic E-state index is -1.05. The first kappa shape index (κ1) is 22.8. The first-order valence-corrected chi connectivity index (χ1v) is 11.6. The molecule has 1 aliphatic heterocycles. The molecule has 2 aromatic rings. The Morgan fingerprint density at radius 3 is 2.30 bits per heavy atom. The molecular formula is C26H30N2O5. The van der Waals surface area contributed by atoms with Crippen LogP contribution in [0, 0.1) is 0 Å². The van der Waals surface area contributed by atoms with Gasteiger partial charge >= 0.3 is 12.1 Å². The maximum absolute atomic E-state index is 12.7. The van der Waals surface area contributed by atoms with Crippen LogP contribution in [0.25, 0.3) is 11.1 Å². The number of likely N-dealkylation sites (tertiary alicyclic amines) is 1. The molecule has 0 saturated carbocycles. The largest absolute Gasteiger partial charge is 0.480 e. The van der Waals surface area contributed by atoms with Gasteiger partial charge in [-0.05, 0) is 47.9 Å². The molecule has 1 saturated heterocycles. The predicted octanol–water partition coefficient (Wildman–Crippen LogP) is 4.11. The second-order valence-electron chi connectivity index (χ2n) is 8.75. The number of carbonyl (C=O) groups is 3. The zero-order chi connectivity index (χ0) is 23.4. The van der Waals surface area contributed by atoms with Crippen LogP contribution in [0.5, 0.6) is 0 Å². The standard InChI is InChI=1S/C26H30N2O5/c1-27(23(25(30)31)13-6-7-15-28-16-8-14-24(28)29)26(32)33-17-22-20-11-4-2-9-18(20)19-10-3-5-12-21(19)22/h2-5,9-12,22-23H,6-8,13-17H2,1H3,(H,30,31)/t23-/m0/s1. The van der Waals surface area contributed by atoms with Crippen molar-refractivity contribution < 1.29 is 24.2 Å². The maximum Gasteiger partial charge on any atom is 0.410 e. The van der Waals surface area contributed by atoms with Crippen LogP contribution in [-0.2, 0) is 14.3 Å². The van der Waals surface area contributed by atoms with Crippen molar-refractivity contribution in [2.75, 3.05) is 26.7 Å². The summed E-state index contributed by atoms with van der Waals surface area (Å²) in [6.07, 6.45) is 2.50. The summed E-state index contributed by atoms with van der Waals surface area (Å²) in [6, 6.07) is 15.2. The summed E-state index contributed by atoms with van der Waals surface area (Å²) >= 11 is 0. The van der Waals surface area contributed by atoms with E-state index in [0.717, 1.165) is 35.2 Å². The zero-order valence-electron chi connectivity index (χ0n) is 18.9. The molecule has 2 aromatic carbocycles. The van der Waals surface area contributed by atoms with Crippen LogP contribution in [0.1, 0.15) is 49.1 Å². The summed E-state index contributed by atoms with van der Waals surface area (Å²) < 4.78 is 5.61. The molecule has 7 heteroatoms. The summed E-state index contributed by atoms with van der Waals surface area (Å²) in [6.45, 7) is 1.57. The Hall–Kier alpha value is -3.35. The Kier molecular flexibility index (Phi) is 6.96. The summed E-state index contributed by atoms with van der Waals surface area (Å²) in [5, 5.41) is 9.67. The van der Waals surface area contributed by atoms with Crippen LogP contribution < -0.4 is 0 Å². The molecule has 0 aromatic heterocycles. The van der Waals surface area contributed by atoms with E-state index in [-0.39, 0.29) is 18.4 Å².